The number of benzene rings is 3. The summed E-state index contributed by atoms with van der Waals surface area (Å²) in [4.78, 5) is 25.1. The monoisotopic (exact) mass is 494 g/mol. The number of unbranched alkanes of at least 4 members (excludes halogenated alkanes) is 1. The molecule has 0 radical (unpaired) electrons. The van der Waals surface area contributed by atoms with Crippen LogP contribution in [0.15, 0.2) is 72.8 Å². The Labute approximate surface area is 207 Å². The smallest absolute Gasteiger partial charge is 0.251 e. The van der Waals surface area contributed by atoms with Crippen LogP contribution < -0.4 is 10.9 Å². The van der Waals surface area contributed by atoms with Crippen molar-refractivity contribution >= 4 is 45.9 Å². The highest BCUT2D eigenvalue weighted by Gasteiger charge is 2.16. The quantitative estimate of drug-likeness (QED) is 0.243. The summed E-state index contributed by atoms with van der Waals surface area (Å²) in [6.07, 6.45) is 1.48. The lowest BCUT2D eigenvalue weighted by Gasteiger charge is -2.07. The molecule has 0 aliphatic heterocycles. The van der Waals surface area contributed by atoms with Gasteiger partial charge in [0.2, 0.25) is 5.62 Å². The lowest BCUT2D eigenvalue weighted by molar-refractivity contribution is 0.0950. The van der Waals surface area contributed by atoms with Crippen molar-refractivity contribution in [1.29, 1.82) is 5.41 Å². The highest BCUT2D eigenvalue weighted by Crippen LogP contribution is 2.23. The van der Waals surface area contributed by atoms with Crippen LogP contribution in [0.4, 0.5) is 0 Å². The van der Waals surface area contributed by atoms with Crippen molar-refractivity contribution in [2.24, 2.45) is 0 Å². The van der Waals surface area contributed by atoms with E-state index < -0.39 is 0 Å². The van der Waals surface area contributed by atoms with Gasteiger partial charge in [0.05, 0.1) is 22.6 Å². The number of ketones is 1. The zero-order valence-electron chi connectivity index (χ0n) is 18.4. The first-order valence-electron chi connectivity index (χ1n) is 11.0. The molecule has 0 spiro atoms. The third-order valence-electron chi connectivity index (χ3n) is 5.64. The van der Waals surface area contributed by atoms with Crippen LogP contribution in [0.5, 0.6) is 0 Å². The largest absolute Gasteiger partial charge is 0.352 e. The van der Waals surface area contributed by atoms with Gasteiger partial charge >= 0.3 is 0 Å². The fourth-order valence-corrected chi connectivity index (χ4v) is 4.29. The second-order valence-corrected chi connectivity index (χ2v) is 8.77. The molecule has 0 atom stereocenters. The SMILES string of the molecule is N=c1n(CC(=O)c2ccc(Cl)cc2)c2cccc(Cl)c2n1CCCCNC(=O)c1ccccc1. The van der Waals surface area contributed by atoms with Crippen molar-refractivity contribution in [3.63, 3.8) is 0 Å². The van der Waals surface area contributed by atoms with Crippen LogP contribution in [0.2, 0.25) is 10.0 Å². The van der Waals surface area contributed by atoms with Crippen LogP contribution in [0, 0.1) is 5.41 Å². The number of hydrogen-bond donors (Lipinski definition) is 2. The lowest BCUT2D eigenvalue weighted by Crippen LogP contribution is -2.28. The topological polar surface area (TPSA) is 79.9 Å². The Balaban J connectivity index is 1.46. The van der Waals surface area contributed by atoms with Crippen LogP contribution in [0.25, 0.3) is 11.0 Å². The molecule has 34 heavy (non-hydrogen) atoms. The van der Waals surface area contributed by atoms with Gasteiger partial charge in [-0.1, -0.05) is 47.5 Å². The molecule has 4 rings (SSSR count). The molecule has 0 aliphatic rings. The van der Waals surface area contributed by atoms with Crippen molar-refractivity contribution in [2.75, 3.05) is 6.54 Å². The third kappa shape index (κ3) is 5.24. The molecule has 3 aromatic carbocycles. The van der Waals surface area contributed by atoms with E-state index in [-0.39, 0.29) is 23.9 Å². The molecular formula is C26H24Cl2N4O2. The molecule has 2 N–H and O–H groups in total. The molecule has 1 aromatic heterocycles. The first-order chi connectivity index (χ1) is 16.5. The Bertz CT molecular complexity index is 1380. The molecule has 4 aromatic rings. The number of carbonyl (C=O) groups excluding carboxylic acids is 2. The van der Waals surface area contributed by atoms with E-state index in [9.17, 15) is 9.59 Å². The van der Waals surface area contributed by atoms with E-state index in [4.69, 9.17) is 28.6 Å². The van der Waals surface area contributed by atoms with Gasteiger partial charge in [0, 0.05) is 29.2 Å². The first-order valence-corrected chi connectivity index (χ1v) is 11.8. The van der Waals surface area contributed by atoms with Crippen molar-refractivity contribution in [3.8, 4) is 0 Å². The van der Waals surface area contributed by atoms with E-state index >= 15 is 0 Å². The Morgan fingerprint density at radius 3 is 2.29 bits per heavy atom. The van der Waals surface area contributed by atoms with E-state index in [0.717, 1.165) is 23.9 Å². The van der Waals surface area contributed by atoms with Crippen LogP contribution in [-0.2, 0) is 13.1 Å². The maximum atomic E-state index is 12.9. The molecule has 1 amide bonds. The van der Waals surface area contributed by atoms with Gasteiger partial charge in [0.15, 0.2) is 5.78 Å². The molecule has 0 unspecified atom stereocenters. The zero-order chi connectivity index (χ0) is 24.1. The van der Waals surface area contributed by atoms with Crippen molar-refractivity contribution < 1.29 is 9.59 Å². The number of imidazole rings is 1. The molecule has 174 valence electrons. The number of fused-ring (bicyclic) bond motifs is 1. The summed E-state index contributed by atoms with van der Waals surface area (Å²) in [6.45, 7) is 1.10. The molecule has 0 saturated heterocycles. The molecule has 6 nitrogen and oxygen atoms in total. The fraction of sp³-hybridized carbons (Fsp3) is 0.192. The second kappa shape index (κ2) is 10.7. The highest BCUT2D eigenvalue weighted by atomic mass is 35.5. The predicted molar refractivity (Wildman–Crippen MR) is 135 cm³/mol. The molecule has 0 aliphatic carbocycles. The van der Waals surface area contributed by atoms with E-state index in [1.165, 1.54) is 0 Å². The Hall–Kier alpha value is -3.35. The summed E-state index contributed by atoms with van der Waals surface area (Å²) in [5.74, 6) is -0.215. The minimum Gasteiger partial charge on any atom is -0.352 e. The van der Waals surface area contributed by atoms with Gasteiger partial charge in [-0.3, -0.25) is 15.0 Å². The number of nitrogens with zero attached hydrogens (tertiary/aromatic N) is 2. The first kappa shape index (κ1) is 23.8. The number of halogens is 2. The van der Waals surface area contributed by atoms with Crippen LogP contribution in [0.3, 0.4) is 0 Å². The van der Waals surface area contributed by atoms with Gasteiger partial charge in [-0.2, -0.15) is 0 Å². The molecule has 0 saturated carbocycles. The number of Topliss-reactive ketones (excluding diaryl/α,β-unsaturated/α-hetero) is 1. The maximum absolute atomic E-state index is 12.9. The van der Waals surface area contributed by atoms with Gasteiger partial charge in [-0.15, -0.1) is 0 Å². The van der Waals surface area contributed by atoms with Crippen LogP contribution >= 0.6 is 23.2 Å². The van der Waals surface area contributed by atoms with Gasteiger partial charge < -0.3 is 14.5 Å². The maximum Gasteiger partial charge on any atom is 0.251 e. The average Bonchev–Trinajstić information content (AvgIpc) is 3.11. The van der Waals surface area contributed by atoms with E-state index in [0.29, 0.717) is 34.3 Å². The summed E-state index contributed by atoms with van der Waals surface area (Å²) in [6, 6.07) is 21.3. The molecular weight excluding hydrogens is 471 g/mol. The van der Waals surface area contributed by atoms with Crippen LogP contribution in [0.1, 0.15) is 33.6 Å². The summed E-state index contributed by atoms with van der Waals surface area (Å²) >= 11 is 12.4. The van der Waals surface area contributed by atoms with Gasteiger partial charge in [0.1, 0.15) is 0 Å². The lowest BCUT2D eigenvalue weighted by atomic mass is 10.1. The average molecular weight is 495 g/mol. The van der Waals surface area contributed by atoms with E-state index in [1.54, 1.807) is 47.0 Å². The van der Waals surface area contributed by atoms with Crippen LogP contribution in [-0.4, -0.2) is 27.4 Å². The number of nitrogens with one attached hydrogen (secondary N) is 2. The van der Waals surface area contributed by atoms with Crippen molar-refractivity contribution in [3.05, 3.63) is 99.6 Å². The minimum absolute atomic E-state index is 0.0252. The summed E-state index contributed by atoms with van der Waals surface area (Å²) in [5, 5.41) is 12.8. The number of carbonyl (C=O) groups is 2. The third-order valence-corrected chi connectivity index (χ3v) is 6.19. The van der Waals surface area contributed by atoms with E-state index in [2.05, 4.69) is 5.32 Å². The Morgan fingerprint density at radius 2 is 1.56 bits per heavy atom. The van der Waals surface area contributed by atoms with Gasteiger partial charge in [-0.05, 0) is 61.4 Å². The number of aryl methyl sites for hydroxylation is 1. The normalized spacial score (nSPS) is 11.0. The van der Waals surface area contributed by atoms with E-state index in [1.807, 2.05) is 34.9 Å². The number of aromatic nitrogens is 2. The molecule has 8 heteroatoms. The molecule has 0 fully saturated rings. The zero-order valence-corrected chi connectivity index (χ0v) is 19.9. The predicted octanol–water partition coefficient (Wildman–Crippen LogP) is 5.32. The Morgan fingerprint density at radius 1 is 0.824 bits per heavy atom. The minimum atomic E-state index is -0.113. The molecule has 1 heterocycles. The summed E-state index contributed by atoms with van der Waals surface area (Å²) < 4.78 is 3.50. The van der Waals surface area contributed by atoms with Gasteiger partial charge in [0.25, 0.3) is 5.91 Å². The highest BCUT2D eigenvalue weighted by molar-refractivity contribution is 6.35. The number of rotatable bonds is 9. The summed E-state index contributed by atoms with van der Waals surface area (Å²) in [5.41, 5.74) is 2.83. The molecule has 0 bridgehead atoms. The second-order valence-electron chi connectivity index (χ2n) is 7.93. The number of para-hydroxylation sites is 1. The fourth-order valence-electron chi connectivity index (χ4n) is 3.89. The van der Waals surface area contributed by atoms with Crippen molar-refractivity contribution in [2.45, 2.75) is 25.9 Å². The Kier molecular flexibility index (Phi) is 7.50. The van der Waals surface area contributed by atoms with Crippen molar-refractivity contribution in [1.82, 2.24) is 14.5 Å². The number of amides is 1. The summed E-state index contributed by atoms with van der Waals surface area (Å²) in [7, 11) is 0. The standard InChI is InChI=1S/C26H24Cl2N4O2/c27-20-13-11-18(12-14-20)23(33)17-32-22-10-6-9-21(28)24(22)31(26(32)29)16-5-4-15-30-25(34)19-7-2-1-3-8-19/h1-3,6-14,29H,4-5,15-17H2,(H,30,34). The number of hydrogen-bond acceptors (Lipinski definition) is 3. The van der Waals surface area contributed by atoms with Gasteiger partial charge in [-0.25, -0.2) is 0 Å².